The molecule has 2 aliphatic rings. The summed E-state index contributed by atoms with van der Waals surface area (Å²) in [7, 11) is 0. The van der Waals surface area contributed by atoms with Gasteiger partial charge in [0.25, 0.3) is 0 Å². The molecule has 0 spiro atoms. The van der Waals surface area contributed by atoms with Gasteiger partial charge in [-0.05, 0) is 18.2 Å². The number of quaternary nitrogens is 1. The van der Waals surface area contributed by atoms with Crippen LogP contribution in [0.4, 0.5) is 0 Å². The predicted octanol–water partition coefficient (Wildman–Crippen LogP) is 0.856. The van der Waals surface area contributed by atoms with Gasteiger partial charge in [-0.25, -0.2) is 0 Å². The fourth-order valence-corrected chi connectivity index (χ4v) is 2.37. The molecule has 0 unspecified atom stereocenters. The van der Waals surface area contributed by atoms with Gasteiger partial charge in [0.05, 0.1) is 6.54 Å². The zero-order valence-corrected chi connectivity index (χ0v) is 8.74. The highest BCUT2D eigenvalue weighted by molar-refractivity contribution is 5.44. The number of nitrogens with two attached hydrogens (primary N) is 1. The zero-order chi connectivity index (χ0) is 10.1. The van der Waals surface area contributed by atoms with Gasteiger partial charge in [0.1, 0.15) is 19.3 Å². The van der Waals surface area contributed by atoms with Crippen molar-refractivity contribution in [2.75, 3.05) is 19.8 Å². The summed E-state index contributed by atoms with van der Waals surface area (Å²) in [4.78, 5) is 0. The van der Waals surface area contributed by atoms with Gasteiger partial charge in [-0.2, -0.15) is 0 Å². The molecule has 1 aromatic rings. The van der Waals surface area contributed by atoms with Gasteiger partial charge in [-0.15, -0.1) is 0 Å². The molecule has 3 rings (SSSR count). The quantitative estimate of drug-likeness (QED) is 0.739. The van der Waals surface area contributed by atoms with E-state index in [4.69, 9.17) is 9.47 Å². The highest BCUT2D eigenvalue weighted by Crippen LogP contribution is 2.33. The van der Waals surface area contributed by atoms with Crippen molar-refractivity contribution < 1.29 is 14.8 Å². The topological polar surface area (TPSA) is 35.1 Å². The molecular weight excluding hydrogens is 190 g/mol. The second kappa shape index (κ2) is 3.74. The van der Waals surface area contributed by atoms with Gasteiger partial charge in [-0.3, -0.25) is 0 Å². The average Bonchev–Trinajstić information content (AvgIpc) is 2.82. The Morgan fingerprint density at radius 1 is 1.13 bits per heavy atom. The van der Waals surface area contributed by atoms with Gasteiger partial charge in [0, 0.05) is 18.4 Å². The maximum Gasteiger partial charge on any atom is 0.161 e. The average molecular weight is 206 g/mol. The second-order valence-electron chi connectivity index (χ2n) is 4.18. The number of ether oxygens (including phenoxy) is 2. The van der Waals surface area contributed by atoms with E-state index >= 15 is 0 Å². The SMILES string of the molecule is c1cc2c(cc1[C@@H]1CCC[NH2+]1)OCCO2. The van der Waals surface area contributed by atoms with Gasteiger partial charge in [0.15, 0.2) is 11.5 Å². The van der Waals surface area contributed by atoms with Crippen molar-refractivity contribution in [1.29, 1.82) is 0 Å². The number of hydrogen-bond acceptors (Lipinski definition) is 2. The van der Waals surface area contributed by atoms with Crippen LogP contribution in [0.2, 0.25) is 0 Å². The molecule has 0 aromatic heterocycles. The summed E-state index contributed by atoms with van der Waals surface area (Å²) in [6.45, 7) is 2.59. The van der Waals surface area contributed by atoms with E-state index in [1.54, 1.807) is 0 Å². The van der Waals surface area contributed by atoms with Crippen LogP contribution in [-0.2, 0) is 0 Å². The molecule has 2 aliphatic heterocycles. The molecule has 0 saturated carbocycles. The highest BCUT2D eigenvalue weighted by atomic mass is 16.6. The molecule has 1 atom stereocenters. The van der Waals surface area contributed by atoms with E-state index in [0.717, 1.165) is 11.5 Å². The minimum Gasteiger partial charge on any atom is -0.486 e. The second-order valence-corrected chi connectivity index (χ2v) is 4.18. The smallest absolute Gasteiger partial charge is 0.161 e. The van der Waals surface area contributed by atoms with E-state index in [0.29, 0.717) is 19.3 Å². The Morgan fingerprint density at radius 2 is 2.00 bits per heavy atom. The highest BCUT2D eigenvalue weighted by Gasteiger charge is 2.22. The van der Waals surface area contributed by atoms with Crippen LogP contribution in [0.25, 0.3) is 0 Å². The summed E-state index contributed by atoms with van der Waals surface area (Å²) in [5, 5.41) is 2.41. The third-order valence-electron chi connectivity index (χ3n) is 3.16. The summed E-state index contributed by atoms with van der Waals surface area (Å²) in [6, 6.07) is 6.97. The van der Waals surface area contributed by atoms with Crippen molar-refractivity contribution in [3.8, 4) is 11.5 Å². The lowest BCUT2D eigenvalue weighted by atomic mass is 10.0. The third-order valence-corrected chi connectivity index (χ3v) is 3.16. The summed E-state index contributed by atoms with van der Waals surface area (Å²) in [5.41, 5.74) is 1.37. The van der Waals surface area contributed by atoms with Crippen LogP contribution in [0.5, 0.6) is 11.5 Å². The molecule has 80 valence electrons. The van der Waals surface area contributed by atoms with Crippen molar-refractivity contribution in [1.82, 2.24) is 0 Å². The first-order valence-corrected chi connectivity index (χ1v) is 5.66. The van der Waals surface area contributed by atoms with Crippen molar-refractivity contribution in [2.45, 2.75) is 18.9 Å². The fraction of sp³-hybridized carbons (Fsp3) is 0.500. The molecule has 0 amide bonds. The molecule has 0 bridgehead atoms. The normalized spacial score (nSPS) is 24.1. The number of benzene rings is 1. The lowest BCUT2D eigenvalue weighted by Gasteiger charge is -2.19. The minimum absolute atomic E-state index is 0.626. The van der Waals surface area contributed by atoms with E-state index in [1.165, 1.54) is 24.9 Å². The predicted molar refractivity (Wildman–Crippen MR) is 56.2 cm³/mol. The first kappa shape index (κ1) is 9.04. The van der Waals surface area contributed by atoms with Crippen LogP contribution in [0, 0.1) is 0 Å². The molecule has 1 aromatic carbocycles. The van der Waals surface area contributed by atoms with Crippen molar-refractivity contribution >= 4 is 0 Å². The molecule has 1 fully saturated rings. The Hall–Kier alpha value is -1.22. The van der Waals surface area contributed by atoms with Gasteiger partial charge in [0.2, 0.25) is 0 Å². The van der Waals surface area contributed by atoms with Gasteiger partial charge < -0.3 is 14.8 Å². The first-order chi connectivity index (χ1) is 7.43. The number of rotatable bonds is 1. The summed E-state index contributed by atoms with van der Waals surface area (Å²) in [5.74, 6) is 1.81. The Bertz CT molecular complexity index is 359. The zero-order valence-electron chi connectivity index (χ0n) is 8.74. The van der Waals surface area contributed by atoms with E-state index < -0.39 is 0 Å². The Balaban J connectivity index is 1.89. The molecule has 0 aliphatic carbocycles. The third kappa shape index (κ3) is 1.67. The van der Waals surface area contributed by atoms with Gasteiger partial charge >= 0.3 is 0 Å². The Morgan fingerprint density at radius 3 is 2.80 bits per heavy atom. The molecule has 3 heteroatoms. The van der Waals surface area contributed by atoms with E-state index in [2.05, 4.69) is 17.4 Å². The standard InChI is InChI=1S/C12H15NO2/c1-2-10(13-5-1)9-3-4-11-12(8-9)15-7-6-14-11/h3-4,8,10,13H,1-2,5-7H2/p+1/t10-/m0/s1. The van der Waals surface area contributed by atoms with E-state index in [-0.39, 0.29) is 0 Å². The Kier molecular flexibility index (Phi) is 2.25. The molecule has 2 N–H and O–H groups in total. The van der Waals surface area contributed by atoms with Crippen LogP contribution in [0.3, 0.4) is 0 Å². The monoisotopic (exact) mass is 206 g/mol. The minimum atomic E-state index is 0.626. The summed E-state index contributed by atoms with van der Waals surface area (Å²) >= 11 is 0. The molecule has 3 nitrogen and oxygen atoms in total. The lowest BCUT2D eigenvalue weighted by molar-refractivity contribution is -0.676. The van der Waals surface area contributed by atoms with E-state index in [1.807, 2.05) is 6.07 Å². The summed E-state index contributed by atoms with van der Waals surface area (Å²) < 4.78 is 11.1. The van der Waals surface area contributed by atoms with Crippen LogP contribution in [0.15, 0.2) is 18.2 Å². The largest absolute Gasteiger partial charge is 0.486 e. The van der Waals surface area contributed by atoms with Crippen molar-refractivity contribution in [3.05, 3.63) is 23.8 Å². The fourth-order valence-electron chi connectivity index (χ4n) is 2.37. The Labute approximate surface area is 89.4 Å². The molecule has 1 saturated heterocycles. The molecular formula is C12H16NO2+. The van der Waals surface area contributed by atoms with E-state index in [9.17, 15) is 0 Å². The number of fused-ring (bicyclic) bond motifs is 1. The van der Waals surface area contributed by atoms with Crippen LogP contribution in [0.1, 0.15) is 24.4 Å². The maximum absolute atomic E-state index is 5.58. The van der Waals surface area contributed by atoms with Gasteiger partial charge in [-0.1, -0.05) is 0 Å². The molecule has 15 heavy (non-hydrogen) atoms. The molecule has 2 heterocycles. The summed E-state index contributed by atoms with van der Waals surface area (Å²) in [6.07, 6.45) is 2.60. The van der Waals surface area contributed by atoms with Crippen molar-refractivity contribution in [2.24, 2.45) is 0 Å². The van der Waals surface area contributed by atoms with Crippen LogP contribution >= 0.6 is 0 Å². The van der Waals surface area contributed by atoms with Crippen molar-refractivity contribution in [3.63, 3.8) is 0 Å². The van der Waals surface area contributed by atoms with Crippen LogP contribution in [-0.4, -0.2) is 19.8 Å². The first-order valence-electron chi connectivity index (χ1n) is 5.66. The lowest BCUT2D eigenvalue weighted by Crippen LogP contribution is -2.81. The van der Waals surface area contributed by atoms with Crippen LogP contribution < -0.4 is 14.8 Å². The molecule has 0 radical (unpaired) electrons. The number of hydrogen-bond donors (Lipinski definition) is 1. The maximum atomic E-state index is 5.58.